The minimum Gasteiger partial charge on any atom is -0.354 e. The highest BCUT2D eigenvalue weighted by atomic mass is 35.5. The summed E-state index contributed by atoms with van der Waals surface area (Å²) in [6.45, 7) is 9.24. The van der Waals surface area contributed by atoms with Gasteiger partial charge in [0.25, 0.3) is 5.91 Å². The van der Waals surface area contributed by atoms with Crippen LogP contribution in [0.4, 0.5) is 0 Å². The van der Waals surface area contributed by atoms with Crippen LogP contribution in [0.15, 0.2) is 54.6 Å². The van der Waals surface area contributed by atoms with Crippen molar-refractivity contribution in [3.63, 3.8) is 0 Å². The minimum absolute atomic E-state index is 0.160. The molecule has 172 valence electrons. The number of carbonyl (C=O) groups is 2. The molecule has 1 fully saturated rings. The number of rotatable bonds is 10. The molecule has 1 saturated heterocycles. The summed E-state index contributed by atoms with van der Waals surface area (Å²) in [5.74, 6) is -0.446. The largest absolute Gasteiger partial charge is 0.354 e. The van der Waals surface area contributed by atoms with Gasteiger partial charge >= 0.3 is 0 Å². The SMILES string of the molecule is CCN1CCN(CCCNC(=O)C(Cc2ccccc2)NC(=O)c2ccc(Cl)cc2)CC1. The van der Waals surface area contributed by atoms with Crippen molar-refractivity contribution in [1.82, 2.24) is 20.4 Å². The van der Waals surface area contributed by atoms with Crippen LogP contribution in [0.2, 0.25) is 5.02 Å². The van der Waals surface area contributed by atoms with E-state index >= 15 is 0 Å². The van der Waals surface area contributed by atoms with E-state index in [0.29, 0.717) is 23.6 Å². The Morgan fingerprint density at radius 1 is 0.969 bits per heavy atom. The van der Waals surface area contributed by atoms with Crippen molar-refractivity contribution >= 4 is 23.4 Å². The molecule has 0 bridgehead atoms. The van der Waals surface area contributed by atoms with Crippen LogP contribution in [-0.4, -0.2) is 73.5 Å². The Morgan fingerprint density at radius 2 is 1.62 bits per heavy atom. The lowest BCUT2D eigenvalue weighted by atomic mass is 10.0. The monoisotopic (exact) mass is 456 g/mol. The van der Waals surface area contributed by atoms with E-state index in [-0.39, 0.29) is 11.8 Å². The smallest absolute Gasteiger partial charge is 0.251 e. The zero-order chi connectivity index (χ0) is 22.8. The van der Waals surface area contributed by atoms with Gasteiger partial charge in [-0.05, 0) is 49.3 Å². The first-order valence-corrected chi connectivity index (χ1v) is 11.8. The van der Waals surface area contributed by atoms with Crippen LogP contribution in [0.1, 0.15) is 29.3 Å². The van der Waals surface area contributed by atoms with E-state index in [9.17, 15) is 9.59 Å². The van der Waals surface area contributed by atoms with E-state index in [1.807, 2.05) is 30.3 Å². The van der Waals surface area contributed by atoms with Crippen molar-refractivity contribution in [2.24, 2.45) is 0 Å². The molecule has 7 heteroatoms. The maximum Gasteiger partial charge on any atom is 0.251 e. The average molecular weight is 457 g/mol. The van der Waals surface area contributed by atoms with Gasteiger partial charge in [0, 0.05) is 49.7 Å². The molecule has 0 aromatic heterocycles. The van der Waals surface area contributed by atoms with Crippen molar-refractivity contribution in [2.45, 2.75) is 25.8 Å². The number of hydrogen-bond donors (Lipinski definition) is 2. The number of likely N-dealkylation sites (N-methyl/N-ethyl adjacent to an activating group) is 1. The van der Waals surface area contributed by atoms with Crippen molar-refractivity contribution in [3.8, 4) is 0 Å². The number of hydrogen-bond acceptors (Lipinski definition) is 4. The Kier molecular flexibility index (Phi) is 9.53. The van der Waals surface area contributed by atoms with Crippen LogP contribution in [0.25, 0.3) is 0 Å². The van der Waals surface area contributed by atoms with Crippen LogP contribution >= 0.6 is 11.6 Å². The fraction of sp³-hybridized carbons (Fsp3) is 0.440. The molecule has 32 heavy (non-hydrogen) atoms. The number of benzene rings is 2. The summed E-state index contributed by atoms with van der Waals surface area (Å²) in [4.78, 5) is 30.5. The summed E-state index contributed by atoms with van der Waals surface area (Å²) in [6, 6.07) is 15.7. The summed E-state index contributed by atoms with van der Waals surface area (Å²) >= 11 is 5.92. The fourth-order valence-corrected chi connectivity index (χ4v) is 3.99. The number of nitrogens with zero attached hydrogens (tertiary/aromatic N) is 2. The Balaban J connectivity index is 1.52. The molecule has 1 aliphatic rings. The Bertz CT molecular complexity index is 852. The van der Waals surface area contributed by atoms with Gasteiger partial charge in [0.15, 0.2) is 0 Å². The van der Waals surface area contributed by atoms with Crippen LogP contribution in [-0.2, 0) is 11.2 Å². The van der Waals surface area contributed by atoms with Crippen LogP contribution in [0, 0.1) is 0 Å². The standard InChI is InChI=1S/C25H33ClN4O2/c1-2-29-15-17-30(18-16-29)14-6-13-27-25(32)23(19-20-7-4-3-5-8-20)28-24(31)21-9-11-22(26)12-10-21/h3-5,7-12,23H,2,6,13-19H2,1H3,(H,27,32)(H,28,31). The number of carbonyl (C=O) groups excluding carboxylic acids is 2. The molecular formula is C25H33ClN4O2. The molecule has 0 aliphatic carbocycles. The van der Waals surface area contributed by atoms with Crippen LogP contribution < -0.4 is 10.6 Å². The molecule has 3 rings (SSSR count). The van der Waals surface area contributed by atoms with Gasteiger partial charge in [-0.2, -0.15) is 0 Å². The summed E-state index contributed by atoms with van der Waals surface area (Å²) in [6.07, 6.45) is 1.33. The van der Waals surface area contributed by atoms with E-state index in [2.05, 4.69) is 27.4 Å². The highest BCUT2D eigenvalue weighted by Gasteiger charge is 2.22. The molecule has 0 spiro atoms. The molecule has 2 N–H and O–H groups in total. The maximum atomic E-state index is 12.9. The van der Waals surface area contributed by atoms with Gasteiger partial charge in [0.05, 0.1) is 0 Å². The lowest BCUT2D eigenvalue weighted by Gasteiger charge is -2.34. The maximum absolute atomic E-state index is 12.9. The Hall–Kier alpha value is -2.41. The van der Waals surface area contributed by atoms with E-state index in [0.717, 1.165) is 51.3 Å². The lowest BCUT2D eigenvalue weighted by molar-refractivity contribution is -0.123. The zero-order valence-electron chi connectivity index (χ0n) is 18.7. The van der Waals surface area contributed by atoms with E-state index < -0.39 is 6.04 Å². The first-order valence-electron chi connectivity index (χ1n) is 11.4. The number of piperazine rings is 1. The van der Waals surface area contributed by atoms with Gasteiger partial charge in [0.2, 0.25) is 5.91 Å². The number of amides is 2. The predicted octanol–water partition coefficient (Wildman–Crippen LogP) is 2.82. The first-order chi connectivity index (χ1) is 15.5. The fourth-order valence-electron chi connectivity index (χ4n) is 3.87. The van der Waals surface area contributed by atoms with E-state index in [1.165, 1.54) is 0 Å². The zero-order valence-corrected chi connectivity index (χ0v) is 19.5. The Morgan fingerprint density at radius 3 is 2.28 bits per heavy atom. The van der Waals surface area contributed by atoms with E-state index in [1.54, 1.807) is 24.3 Å². The third-order valence-electron chi connectivity index (χ3n) is 5.87. The normalized spacial score (nSPS) is 15.8. The molecule has 1 unspecified atom stereocenters. The molecule has 2 aromatic carbocycles. The molecule has 1 atom stereocenters. The molecule has 1 heterocycles. The quantitative estimate of drug-likeness (QED) is 0.539. The topological polar surface area (TPSA) is 64.7 Å². The van der Waals surface area contributed by atoms with Crippen molar-refractivity contribution in [3.05, 3.63) is 70.7 Å². The minimum atomic E-state index is -0.645. The van der Waals surface area contributed by atoms with Gasteiger partial charge < -0.3 is 20.4 Å². The molecule has 2 aromatic rings. The molecule has 6 nitrogen and oxygen atoms in total. The Labute approximate surface area is 195 Å². The summed E-state index contributed by atoms with van der Waals surface area (Å²) in [5.41, 5.74) is 1.48. The van der Waals surface area contributed by atoms with Crippen molar-refractivity contribution < 1.29 is 9.59 Å². The average Bonchev–Trinajstić information content (AvgIpc) is 2.82. The van der Waals surface area contributed by atoms with Crippen LogP contribution in [0.3, 0.4) is 0 Å². The second-order valence-electron chi connectivity index (χ2n) is 8.14. The number of halogens is 1. The van der Waals surface area contributed by atoms with Gasteiger partial charge in [-0.3, -0.25) is 9.59 Å². The highest BCUT2D eigenvalue weighted by Crippen LogP contribution is 2.11. The third-order valence-corrected chi connectivity index (χ3v) is 6.13. The molecule has 0 saturated carbocycles. The number of nitrogens with one attached hydrogen (secondary N) is 2. The third kappa shape index (κ3) is 7.62. The van der Waals surface area contributed by atoms with Gasteiger partial charge in [-0.1, -0.05) is 48.9 Å². The molecule has 2 amide bonds. The van der Waals surface area contributed by atoms with Gasteiger partial charge in [0.1, 0.15) is 6.04 Å². The van der Waals surface area contributed by atoms with Crippen molar-refractivity contribution in [1.29, 1.82) is 0 Å². The van der Waals surface area contributed by atoms with E-state index in [4.69, 9.17) is 11.6 Å². The first kappa shape index (κ1) is 24.2. The van der Waals surface area contributed by atoms with Crippen LogP contribution in [0.5, 0.6) is 0 Å². The van der Waals surface area contributed by atoms with Gasteiger partial charge in [-0.25, -0.2) is 0 Å². The van der Waals surface area contributed by atoms with Crippen molar-refractivity contribution in [2.75, 3.05) is 45.8 Å². The molecule has 0 radical (unpaired) electrons. The predicted molar refractivity (Wildman–Crippen MR) is 129 cm³/mol. The second-order valence-corrected chi connectivity index (χ2v) is 8.58. The molecular weight excluding hydrogens is 424 g/mol. The lowest BCUT2D eigenvalue weighted by Crippen LogP contribution is -2.49. The van der Waals surface area contributed by atoms with Gasteiger partial charge in [-0.15, -0.1) is 0 Å². The molecule has 1 aliphatic heterocycles. The summed E-state index contributed by atoms with van der Waals surface area (Å²) < 4.78 is 0. The highest BCUT2D eigenvalue weighted by molar-refractivity contribution is 6.30. The summed E-state index contributed by atoms with van der Waals surface area (Å²) in [7, 11) is 0. The summed E-state index contributed by atoms with van der Waals surface area (Å²) in [5, 5.41) is 6.48. The second kappa shape index (κ2) is 12.6.